The number of carbonyl (C=O) groups excluding carboxylic acids is 2. The minimum absolute atomic E-state index is 0.0450. The maximum Gasteiger partial charge on any atom is 0.329 e. The molecule has 1 saturated heterocycles. The van der Waals surface area contributed by atoms with E-state index in [0.717, 1.165) is 21.5 Å². The lowest BCUT2D eigenvalue weighted by Crippen LogP contribution is -2.52. The lowest BCUT2D eigenvalue weighted by atomic mass is 9.74. The summed E-state index contributed by atoms with van der Waals surface area (Å²) in [6.45, 7) is 0.826. The quantitative estimate of drug-likeness (QED) is 0.221. The average Bonchev–Trinajstić information content (AvgIpc) is 3.39. The van der Waals surface area contributed by atoms with E-state index < -0.39 is 11.5 Å². The van der Waals surface area contributed by atoms with E-state index in [1.54, 1.807) is 6.08 Å². The number of esters is 1. The third kappa shape index (κ3) is 4.83. The predicted molar refractivity (Wildman–Crippen MR) is 138 cm³/mol. The van der Waals surface area contributed by atoms with Crippen molar-refractivity contribution >= 4 is 17.8 Å². The number of nitrogens with zero attached hydrogens (tertiary/aromatic N) is 5. The van der Waals surface area contributed by atoms with Crippen molar-refractivity contribution in [1.29, 1.82) is 0 Å². The first-order chi connectivity index (χ1) is 18.1. The number of Topliss-reactive ketones (excluding diaryl/α,β-unsaturated/α-hetero) is 1. The first-order valence-corrected chi connectivity index (χ1v) is 12.1. The van der Waals surface area contributed by atoms with E-state index in [9.17, 15) is 9.59 Å². The van der Waals surface area contributed by atoms with E-state index in [0.29, 0.717) is 25.1 Å². The molecule has 3 aromatic carbocycles. The summed E-state index contributed by atoms with van der Waals surface area (Å²) in [5.41, 5.74) is 3.31. The second-order valence-corrected chi connectivity index (χ2v) is 8.83. The zero-order valence-corrected chi connectivity index (χ0v) is 20.5. The summed E-state index contributed by atoms with van der Waals surface area (Å²) in [4.78, 5) is 28.1. The van der Waals surface area contributed by atoms with Crippen molar-refractivity contribution in [2.75, 3.05) is 20.2 Å². The van der Waals surface area contributed by atoms with Crippen LogP contribution in [0.25, 0.3) is 6.08 Å². The first-order valence-electron chi connectivity index (χ1n) is 12.1. The van der Waals surface area contributed by atoms with Crippen LogP contribution in [0.1, 0.15) is 28.9 Å². The van der Waals surface area contributed by atoms with Crippen LogP contribution < -0.4 is 0 Å². The summed E-state index contributed by atoms with van der Waals surface area (Å²) in [6, 6.07) is 31.2. The molecule has 0 aliphatic carbocycles. The number of likely N-dealkylation sites (tertiary alicyclic amines) is 1. The molecule has 0 saturated carbocycles. The molecule has 1 fully saturated rings. The summed E-state index contributed by atoms with van der Waals surface area (Å²) < 4.78 is 4.66. The lowest BCUT2D eigenvalue weighted by molar-refractivity contribution is -0.141. The number of benzene rings is 3. The summed E-state index contributed by atoms with van der Waals surface area (Å²) in [5.74, 6) is -0.155. The van der Waals surface area contributed by atoms with Crippen molar-refractivity contribution in [2.24, 2.45) is 0 Å². The SMILES string of the molecule is COC(=O)Cn1nnc(C=C2CN(C(c3ccccc3)(c3ccccc3)c3ccccc3)CCC2=O)n1. The first kappa shape index (κ1) is 24.3. The van der Waals surface area contributed by atoms with Gasteiger partial charge in [-0.25, -0.2) is 4.79 Å². The van der Waals surface area contributed by atoms with E-state index in [1.807, 2.05) is 54.6 Å². The Morgan fingerprint density at radius 3 is 1.97 bits per heavy atom. The summed E-state index contributed by atoms with van der Waals surface area (Å²) >= 11 is 0. The number of piperidine rings is 1. The fourth-order valence-corrected chi connectivity index (χ4v) is 4.98. The molecular weight excluding hydrogens is 466 g/mol. The normalized spacial score (nSPS) is 15.6. The van der Waals surface area contributed by atoms with Crippen LogP contribution in [0.2, 0.25) is 0 Å². The van der Waals surface area contributed by atoms with Crippen LogP contribution in [0, 0.1) is 0 Å². The third-order valence-corrected chi connectivity index (χ3v) is 6.65. The van der Waals surface area contributed by atoms with Crippen molar-refractivity contribution in [3.05, 3.63) is 119 Å². The molecule has 0 atom stereocenters. The van der Waals surface area contributed by atoms with Gasteiger partial charge in [0.2, 0.25) is 0 Å². The maximum atomic E-state index is 13.1. The molecule has 8 nitrogen and oxygen atoms in total. The van der Waals surface area contributed by atoms with Crippen molar-refractivity contribution < 1.29 is 14.3 Å². The van der Waals surface area contributed by atoms with Gasteiger partial charge in [0.15, 0.2) is 18.2 Å². The summed E-state index contributed by atoms with van der Waals surface area (Å²) in [7, 11) is 1.30. The highest BCUT2D eigenvalue weighted by atomic mass is 16.5. The molecule has 4 aromatic rings. The average molecular weight is 494 g/mol. The summed E-state index contributed by atoms with van der Waals surface area (Å²) in [5, 5.41) is 12.2. The van der Waals surface area contributed by atoms with Gasteiger partial charge in [0.05, 0.1) is 12.6 Å². The highest BCUT2D eigenvalue weighted by Crippen LogP contribution is 2.43. The number of rotatable bonds is 7. The molecule has 0 amide bonds. The molecule has 0 radical (unpaired) electrons. The van der Waals surface area contributed by atoms with Crippen LogP contribution in [-0.4, -0.2) is 57.1 Å². The topological polar surface area (TPSA) is 90.2 Å². The third-order valence-electron chi connectivity index (χ3n) is 6.65. The molecule has 1 aliphatic heterocycles. The Hall–Kier alpha value is -4.43. The van der Waals surface area contributed by atoms with E-state index >= 15 is 0 Å². The van der Waals surface area contributed by atoms with E-state index in [4.69, 9.17) is 0 Å². The Balaban J connectivity index is 1.60. The van der Waals surface area contributed by atoms with Crippen molar-refractivity contribution in [3.63, 3.8) is 0 Å². The Kier molecular flexibility index (Phi) is 7.00. The molecule has 5 rings (SSSR count). The predicted octanol–water partition coefficient (Wildman–Crippen LogP) is 3.50. The van der Waals surface area contributed by atoms with Gasteiger partial charge >= 0.3 is 5.97 Å². The number of hydrogen-bond acceptors (Lipinski definition) is 7. The van der Waals surface area contributed by atoms with Crippen LogP contribution in [0.5, 0.6) is 0 Å². The van der Waals surface area contributed by atoms with E-state index in [1.165, 1.54) is 7.11 Å². The number of aromatic nitrogens is 4. The van der Waals surface area contributed by atoms with Crippen LogP contribution in [0.4, 0.5) is 0 Å². The van der Waals surface area contributed by atoms with Gasteiger partial charge < -0.3 is 4.74 Å². The zero-order chi connectivity index (χ0) is 25.7. The van der Waals surface area contributed by atoms with Gasteiger partial charge in [-0.1, -0.05) is 91.0 Å². The van der Waals surface area contributed by atoms with Crippen LogP contribution in [0.15, 0.2) is 96.6 Å². The van der Waals surface area contributed by atoms with Crippen molar-refractivity contribution in [2.45, 2.75) is 18.5 Å². The number of hydrogen-bond donors (Lipinski definition) is 0. The van der Waals surface area contributed by atoms with Gasteiger partial charge in [-0.2, -0.15) is 4.80 Å². The minimum atomic E-state index is -0.626. The Bertz CT molecular complexity index is 1300. The molecular formula is C29H27N5O3. The Labute approximate surface area is 215 Å². The number of carbonyl (C=O) groups is 2. The highest BCUT2D eigenvalue weighted by molar-refractivity contribution is 6.00. The largest absolute Gasteiger partial charge is 0.468 e. The highest BCUT2D eigenvalue weighted by Gasteiger charge is 2.44. The second kappa shape index (κ2) is 10.7. The molecule has 0 N–H and O–H groups in total. The minimum Gasteiger partial charge on any atom is -0.468 e. The Morgan fingerprint density at radius 1 is 0.919 bits per heavy atom. The van der Waals surface area contributed by atoms with Gasteiger partial charge in [-0.3, -0.25) is 9.69 Å². The van der Waals surface area contributed by atoms with E-state index in [2.05, 4.69) is 61.4 Å². The molecule has 0 spiro atoms. The maximum absolute atomic E-state index is 13.1. The van der Waals surface area contributed by atoms with E-state index in [-0.39, 0.29) is 18.2 Å². The summed E-state index contributed by atoms with van der Waals surface area (Å²) in [6.07, 6.45) is 2.03. The van der Waals surface area contributed by atoms with Gasteiger partial charge in [-0.15, -0.1) is 10.2 Å². The fourth-order valence-electron chi connectivity index (χ4n) is 4.98. The number of ether oxygens (including phenoxy) is 1. The zero-order valence-electron chi connectivity index (χ0n) is 20.5. The molecule has 1 aliphatic rings. The number of tetrazole rings is 1. The fraction of sp³-hybridized carbons (Fsp3) is 0.207. The van der Waals surface area contributed by atoms with Crippen molar-refractivity contribution in [1.82, 2.24) is 25.1 Å². The second-order valence-electron chi connectivity index (χ2n) is 8.83. The molecule has 186 valence electrons. The number of ketones is 1. The van der Waals surface area contributed by atoms with Gasteiger partial charge in [-0.05, 0) is 28.0 Å². The van der Waals surface area contributed by atoms with Crippen LogP contribution in [0.3, 0.4) is 0 Å². The Morgan fingerprint density at radius 2 is 1.46 bits per heavy atom. The molecule has 0 bridgehead atoms. The lowest BCUT2D eigenvalue weighted by Gasteiger charge is -2.47. The molecule has 2 heterocycles. The van der Waals surface area contributed by atoms with Gasteiger partial charge in [0.25, 0.3) is 0 Å². The monoisotopic (exact) mass is 493 g/mol. The molecule has 0 unspecified atom stereocenters. The van der Waals surface area contributed by atoms with Crippen molar-refractivity contribution in [3.8, 4) is 0 Å². The molecule has 1 aromatic heterocycles. The van der Waals surface area contributed by atoms with Crippen LogP contribution >= 0.6 is 0 Å². The van der Waals surface area contributed by atoms with Gasteiger partial charge in [0.1, 0.15) is 0 Å². The smallest absolute Gasteiger partial charge is 0.329 e. The molecule has 8 heteroatoms. The standard InChI is InChI=1S/C29H27N5O3/c1-37-28(36)21-34-31-27(30-32-34)19-22-20-33(18-17-26(22)35)29(23-11-5-2-6-12-23,24-13-7-3-8-14-24)25-15-9-4-10-16-25/h2-16,19H,17-18,20-21H2,1H3. The van der Waals surface area contributed by atoms with Gasteiger partial charge in [0, 0.05) is 25.1 Å². The number of methoxy groups -OCH3 is 1. The molecule has 37 heavy (non-hydrogen) atoms. The van der Waals surface area contributed by atoms with Crippen LogP contribution in [-0.2, 0) is 26.4 Å².